The lowest BCUT2D eigenvalue weighted by Gasteiger charge is -2.27. The molecule has 2 aliphatic carbocycles. The lowest BCUT2D eigenvalue weighted by atomic mass is 9.82. The number of pyridine rings is 1. The first-order valence-corrected chi connectivity index (χ1v) is 7.45. The maximum atomic E-state index is 6.43. The largest absolute Gasteiger partial charge is 0.327 e. The molecule has 0 saturated heterocycles. The molecule has 4 atom stereocenters. The molecule has 2 heteroatoms. The molecule has 2 bridgehead atoms. The molecule has 2 nitrogen and oxygen atoms in total. The summed E-state index contributed by atoms with van der Waals surface area (Å²) in [6.07, 6.45) is 9.72. The fraction of sp³-hybridized carbons (Fsp3) is 0.688. The van der Waals surface area contributed by atoms with Crippen LogP contribution in [0.2, 0.25) is 0 Å². The maximum absolute atomic E-state index is 6.43. The van der Waals surface area contributed by atoms with Gasteiger partial charge >= 0.3 is 0 Å². The first-order valence-electron chi connectivity index (χ1n) is 7.45. The van der Waals surface area contributed by atoms with Crippen LogP contribution in [0.4, 0.5) is 0 Å². The van der Waals surface area contributed by atoms with E-state index >= 15 is 0 Å². The summed E-state index contributed by atoms with van der Waals surface area (Å²) in [7, 11) is 0. The smallest absolute Gasteiger partial charge is 0.0419 e. The van der Waals surface area contributed by atoms with Gasteiger partial charge in [-0.1, -0.05) is 19.4 Å². The van der Waals surface area contributed by atoms with E-state index in [4.69, 9.17) is 5.73 Å². The van der Waals surface area contributed by atoms with Crippen LogP contribution in [-0.2, 0) is 12.8 Å². The molecule has 98 valence electrons. The van der Waals surface area contributed by atoms with Crippen molar-refractivity contribution < 1.29 is 0 Å². The van der Waals surface area contributed by atoms with E-state index < -0.39 is 0 Å². The highest BCUT2D eigenvalue weighted by atomic mass is 14.7. The number of rotatable bonds is 4. The van der Waals surface area contributed by atoms with Crippen LogP contribution in [0.25, 0.3) is 0 Å². The zero-order valence-electron chi connectivity index (χ0n) is 11.3. The Bertz CT molecular complexity index is 398. The van der Waals surface area contributed by atoms with E-state index in [2.05, 4.69) is 24.0 Å². The van der Waals surface area contributed by atoms with Crippen molar-refractivity contribution in [3.05, 3.63) is 29.6 Å². The number of hydrogen-bond acceptors (Lipinski definition) is 2. The fourth-order valence-corrected chi connectivity index (χ4v) is 4.00. The molecule has 0 radical (unpaired) electrons. The second-order valence-corrected chi connectivity index (χ2v) is 6.22. The third kappa shape index (κ3) is 2.31. The Labute approximate surface area is 110 Å². The van der Waals surface area contributed by atoms with Gasteiger partial charge in [0.2, 0.25) is 0 Å². The normalized spacial score (nSPS) is 31.8. The average Bonchev–Trinajstić information content (AvgIpc) is 3.02. The number of nitrogens with zero attached hydrogens (tertiary/aromatic N) is 1. The van der Waals surface area contributed by atoms with Crippen molar-refractivity contribution in [2.75, 3.05) is 0 Å². The van der Waals surface area contributed by atoms with Crippen LogP contribution < -0.4 is 5.73 Å². The molecular formula is C16H24N2. The molecule has 1 heterocycles. The summed E-state index contributed by atoms with van der Waals surface area (Å²) < 4.78 is 0. The van der Waals surface area contributed by atoms with Crippen molar-refractivity contribution in [1.29, 1.82) is 0 Å². The number of nitrogens with two attached hydrogens (primary N) is 1. The second-order valence-electron chi connectivity index (χ2n) is 6.22. The predicted octanol–water partition coefficient (Wildman–Crippen LogP) is 2.95. The molecule has 2 saturated carbocycles. The Balaban J connectivity index is 1.61. The summed E-state index contributed by atoms with van der Waals surface area (Å²) in [5.74, 6) is 2.66. The van der Waals surface area contributed by atoms with E-state index in [0.29, 0.717) is 6.04 Å². The lowest BCUT2D eigenvalue weighted by molar-refractivity contribution is 0.279. The monoisotopic (exact) mass is 244 g/mol. The van der Waals surface area contributed by atoms with E-state index in [0.717, 1.165) is 30.6 Å². The quantitative estimate of drug-likeness (QED) is 0.884. The van der Waals surface area contributed by atoms with Gasteiger partial charge < -0.3 is 5.73 Å². The van der Waals surface area contributed by atoms with Crippen molar-refractivity contribution in [3.63, 3.8) is 0 Å². The minimum atomic E-state index is 0.320. The fourth-order valence-electron chi connectivity index (χ4n) is 4.00. The van der Waals surface area contributed by atoms with Gasteiger partial charge in [0.25, 0.3) is 0 Å². The number of fused-ring (bicyclic) bond motifs is 2. The molecule has 0 aliphatic heterocycles. The molecule has 1 aromatic rings. The van der Waals surface area contributed by atoms with Crippen LogP contribution >= 0.6 is 0 Å². The molecule has 4 unspecified atom stereocenters. The highest BCUT2D eigenvalue weighted by Crippen LogP contribution is 2.49. The Kier molecular flexibility index (Phi) is 3.38. The molecule has 3 rings (SSSR count). The van der Waals surface area contributed by atoms with E-state index in [1.165, 1.54) is 36.9 Å². The van der Waals surface area contributed by atoms with Crippen molar-refractivity contribution in [2.24, 2.45) is 23.5 Å². The van der Waals surface area contributed by atoms with E-state index in [1.54, 1.807) is 0 Å². The van der Waals surface area contributed by atoms with Gasteiger partial charge in [0.05, 0.1) is 0 Å². The van der Waals surface area contributed by atoms with Crippen molar-refractivity contribution in [2.45, 2.75) is 51.5 Å². The molecule has 0 amide bonds. The van der Waals surface area contributed by atoms with Crippen LogP contribution in [-0.4, -0.2) is 11.0 Å². The summed E-state index contributed by atoms with van der Waals surface area (Å²) in [6, 6.07) is 4.67. The first kappa shape index (κ1) is 12.2. The minimum absolute atomic E-state index is 0.320. The van der Waals surface area contributed by atoms with Gasteiger partial charge in [-0.2, -0.15) is 0 Å². The Morgan fingerprint density at radius 2 is 2.22 bits per heavy atom. The Hall–Kier alpha value is -0.890. The van der Waals surface area contributed by atoms with Gasteiger partial charge in [0.15, 0.2) is 0 Å². The standard InChI is InChI=1S/C16H24N2/c1-2-11-4-6-14(18-10-11)9-16(17)15-8-12-3-5-13(15)7-12/h4,6,10,12-13,15-16H,2-3,5,7-9,17H2,1H3. The summed E-state index contributed by atoms with van der Waals surface area (Å²) in [5.41, 5.74) is 8.91. The third-order valence-electron chi connectivity index (χ3n) is 5.08. The number of hydrogen-bond donors (Lipinski definition) is 1. The van der Waals surface area contributed by atoms with Gasteiger partial charge in [-0.3, -0.25) is 4.98 Å². The lowest BCUT2D eigenvalue weighted by Crippen LogP contribution is -2.35. The van der Waals surface area contributed by atoms with E-state index in [1.807, 2.05) is 6.20 Å². The molecule has 2 fully saturated rings. The summed E-state index contributed by atoms with van der Waals surface area (Å²) in [4.78, 5) is 4.54. The zero-order valence-corrected chi connectivity index (χ0v) is 11.3. The molecule has 18 heavy (non-hydrogen) atoms. The van der Waals surface area contributed by atoms with Gasteiger partial charge in [-0.05, 0) is 55.1 Å². The SMILES string of the molecule is CCc1ccc(CC(N)C2CC3CCC2C3)nc1. The Morgan fingerprint density at radius 3 is 2.78 bits per heavy atom. The van der Waals surface area contributed by atoms with Gasteiger partial charge in [-0.15, -0.1) is 0 Å². The zero-order chi connectivity index (χ0) is 12.5. The highest BCUT2D eigenvalue weighted by molar-refractivity contribution is 5.15. The molecule has 0 aromatic carbocycles. The molecule has 2 aliphatic rings. The maximum Gasteiger partial charge on any atom is 0.0419 e. The molecular weight excluding hydrogens is 220 g/mol. The van der Waals surface area contributed by atoms with Crippen molar-refractivity contribution >= 4 is 0 Å². The molecule has 1 aromatic heterocycles. The van der Waals surface area contributed by atoms with Crippen molar-refractivity contribution in [3.8, 4) is 0 Å². The first-order chi connectivity index (χ1) is 8.76. The van der Waals surface area contributed by atoms with Crippen LogP contribution in [0.15, 0.2) is 18.3 Å². The predicted molar refractivity (Wildman–Crippen MR) is 74.2 cm³/mol. The average molecular weight is 244 g/mol. The van der Waals surface area contributed by atoms with Crippen LogP contribution in [0.3, 0.4) is 0 Å². The summed E-state index contributed by atoms with van der Waals surface area (Å²) in [6.45, 7) is 2.16. The third-order valence-corrected chi connectivity index (χ3v) is 5.08. The number of aryl methyl sites for hydroxylation is 1. The summed E-state index contributed by atoms with van der Waals surface area (Å²) in [5, 5.41) is 0. The topological polar surface area (TPSA) is 38.9 Å². The Morgan fingerprint density at radius 1 is 1.33 bits per heavy atom. The highest BCUT2D eigenvalue weighted by Gasteiger charge is 2.41. The van der Waals surface area contributed by atoms with Gasteiger partial charge in [-0.25, -0.2) is 0 Å². The van der Waals surface area contributed by atoms with E-state index in [9.17, 15) is 0 Å². The van der Waals surface area contributed by atoms with Crippen LogP contribution in [0, 0.1) is 17.8 Å². The minimum Gasteiger partial charge on any atom is -0.327 e. The summed E-state index contributed by atoms with van der Waals surface area (Å²) >= 11 is 0. The van der Waals surface area contributed by atoms with Crippen LogP contribution in [0.1, 0.15) is 43.9 Å². The second kappa shape index (κ2) is 5.00. The van der Waals surface area contributed by atoms with E-state index in [-0.39, 0.29) is 0 Å². The van der Waals surface area contributed by atoms with Crippen molar-refractivity contribution in [1.82, 2.24) is 4.98 Å². The van der Waals surface area contributed by atoms with Gasteiger partial charge in [0, 0.05) is 24.4 Å². The van der Waals surface area contributed by atoms with Crippen LogP contribution in [0.5, 0.6) is 0 Å². The van der Waals surface area contributed by atoms with Gasteiger partial charge in [0.1, 0.15) is 0 Å². The molecule has 0 spiro atoms. The molecule has 2 N–H and O–H groups in total. The number of aromatic nitrogens is 1.